The summed E-state index contributed by atoms with van der Waals surface area (Å²) in [5, 5.41) is 9.11. The van der Waals surface area contributed by atoms with Crippen LogP contribution < -0.4 is 0 Å². The van der Waals surface area contributed by atoms with Gasteiger partial charge in [0.05, 0.1) is 17.3 Å². The van der Waals surface area contributed by atoms with Gasteiger partial charge in [0.15, 0.2) is 15.1 Å². The van der Waals surface area contributed by atoms with Crippen LogP contribution in [-0.4, -0.2) is 28.6 Å². The number of hydrogen-bond donors (Lipinski definition) is 0. The number of nitrogens with zero attached hydrogens (tertiary/aromatic N) is 2. The van der Waals surface area contributed by atoms with E-state index >= 15 is 0 Å². The number of esters is 1. The summed E-state index contributed by atoms with van der Waals surface area (Å²) in [7, 11) is 0. The molecular formula is C20H21BrN2O4S2. The number of cyclic esters (lactones) is 1. The predicted octanol–water partition coefficient (Wildman–Crippen LogP) is 5.61. The Bertz CT molecular complexity index is 987. The minimum absolute atomic E-state index is 0.0659. The lowest BCUT2D eigenvalue weighted by atomic mass is 9.70. The van der Waals surface area contributed by atoms with Crippen LogP contribution in [0.1, 0.15) is 40.0 Å². The van der Waals surface area contributed by atoms with Crippen molar-refractivity contribution in [2.24, 2.45) is 16.7 Å². The van der Waals surface area contributed by atoms with Gasteiger partial charge in [-0.05, 0) is 64.1 Å². The molecule has 0 radical (unpaired) electrons. The second-order valence-corrected chi connectivity index (χ2v) is 11.7. The Morgan fingerprint density at radius 2 is 2.17 bits per heavy atom. The molecular weight excluding hydrogens is 476 g/mol. The van der Waals surface area contributed by atoms with E-state index in [4.69, 9.17) is 13.9 Å². The molecule has 0 saturated heterocycles. The lowest BCUT2D eigenvalue weighted by Gasteiger charge is -2.39. The number of ether oxygens (including phenoxy) is 2. The van der Waals surface area contributed by atoms with E-state index in [1.165, 1.54) is 29.5 Å². The second-order valence-electron chi connectivity index (χ2n) is 8.60. The van der Waals surface area contributed by atoms with E-state index in [0.717, 1.165) is 12.8 Å². The summed E-state index contributed by atoms with van der Waals surface area (Å²) in [5.74, 6) is 0.920. The number of halogens is 1. The standard InChI is InChI=1S/C20H21BrN2O4S2/c1-19(2)10-6-7-20(19,3)12(9-10)26-17-14(13(21)16(24)27-17)28-18-23-22-15(29-18)11-5-4-8-25-11/h4-5,8,10,12,17H,6-7,9H2,1-3H3/t10-,12+,17+,20+/m1/s1. The van der Waals surface area contributed by atoms with Crippen LogP contribution in [-0.2, 0) is 14.3 Å². The summed E-state index contributed by atoms with van der Waals surface area (Å²) in [6.07, 6.45) is 4.36. The van der Waals surface area contributed by atoms with Crippen LogP contribution in [0.15, 0.2) is 36.5 Å². The molecule has 154 valence electrons. The van der Waals surface area contributed by atoms with E-state index < -0.39 is 12.3 Å². The van der Waals surface area contributed by atoms with Crippen molar-refractivity contribution >= 4 is 45.0 Å². The van der Waals surface area contributed by atoms with E-state index in [-0.39, 0.29) is 16.9 Å². The Labute approximate surface area is 185 Å². The van der Waals surface area contributed by atoms with Gasteiger partial charge in [-0.2, -0.15) is 0 Å². The molecule has 0 aromatic carbocycles. The lowest BCUT2D eigenvalue weighted by Crippen LogP contribution is -2.39. The molecule has 3 aliphatic rings. The lowest BCUT2D eigenvalue weighted by molar-refractivity contribution is -0.181. The van der Waals surface area contributed by atoms with E-state index in [1.54, 1.807) is 6.26 Å². The van der Waals surface area contributed by atoms with Crippen LogP contribution in [0, 0.1) is 16.7 Å². The first-order chi connectivity index (χ1) is 13.8. The maximum absolute atomic E-state index is 12.2. The van der Waals surface area contributed by atoms with Gasteiger partial charge < -0.3 is 13.9 Å². The zero-order chi connectivity index (χ0) is 20.4. The molecule has 0 amide bonds. The Morgan fingerprint density at radius 1 is 1.34 bits per heavy atom. The Hall–Kier alpha value is -1.16. The van der Waals surface area contributed by atoms with Crippen molar-refractivity contribution in [3.05, 3.63) is 27.8 Å². The summed E-state index contributed by atoms with van der Waals surface area (Å²) in [6.45, 7) is 6.99. The average Bonchev–Trinajstić information content (AvgIpc) is 3.46. The van der Waals surface area contributed by atoms with E-state index in [0.29, 0.717) is 30.4 Å². The highest BCUT2D eigenvalue weighted by Crippen LogP contribution is 2.66. The maximum Gasteiger partial charge on any atom is 0.348 e. The summed E-state index contributed by atoms with van der Waals surface area (Å²) in [5.41, 5.74) is 0.315. The van der Waals surface area contributed by atoms with E-state index in [9.17, 15) is 4.79 Å². The summed E-state index contributed by atoms with van der Waals surface area (Å²) < 4.78 is 18.5. The molecule has 3 heterocycles. The van der Waals surface area contributed by atoms with Crippen LogP contribution in [0.3, 0.4) is 0 Å². The van der Waals surface area contributed by atoms with Gasteiger partial charge in [-0.3, -0.25) is 0 Å². The highest BCUT2D eigenvalue weighted by atomic mass is 79.9. The minimum atomic E-state index is -0.713. The summed E-state index contributed by atoms with van der Waals surface area (Å²) >= 11 is 6.14. The van der Waals surface area contributed by atoms with Gasteiger partial charge in [0.25, 0.3) is 0 Å². The van der Waals surface area contributed by atoms with Crippen LogP contribution in [0.2, 0.25) is 0 Å². The number of thioether (sulfide) groups is 1. The SMILES string of the molecule is CC1(C)[C@@H]2CC[C@@]1(C)[C@@H](O[C@H]1OC(=O)C(Br)=C1Sc1nnc(-c3ccco3)s1)C2. The van der Waals surface area contributed by atoms with Gasteiger partial charge >= 0.3 is 5.97 Å². The van der Waals surface area contributed by atoms with Gasteiger partial charge in [0, 0.05) is 0 Å². The van der Waals surface area contributed by atoms with Crippen molar-refractivity contribution in [3.8, 4) is 10.8 Å². The molecule has 5 rings (SSSR count). The molecule has 9 heteroatoms. The number of fused-ring (bicyclic) bond motifs is 2. The number of hydrogen-bond acceptors (Lipinski definition) is 8. The first-order valence-electron chi connectivity index (χ1n) is 9.61. The summed E-state index contributed by atoms with van der Waals surface area (Å²) in [4.78, 5) is 12.9. The normalized spacial score (nSPS) is 33.0. The van der Waals surface area contributed by atoms with Gasteiger partial charge in [-0.15, -0.1) is 10.2 Å². The second kappa shape index (κ2) is 6.93. The molecule has 2 bridgehead atoms. The third-order valence-electron chi connectivity index (χ3n) is 7.16. The Morgan fingerprint density at radius 3 is 2.83 bits per heavy atom. The van der Waals surface area contributed by atoms with Crippen molar-refractivity contribution in [1.82, 2.24) is 10.2 Å². The average molecular weight is 497 g/mol. The predicted molar refractivity (Wildman–Crippen MR) is 113 cm³/mol. The highest BCUT2D eigenvalue weighted by molar-refractivity contribution is 9.12. The third kappa shape index (κ3) is 3.04. The van der Waals surface area contributed by atoms with Crippen molar-refractivity contribution in [2.45, 2.75) is 56.8 Å². The molecule has 2 aromatic rings. The van der Waals surface area contributed by atoms with Crippen molar-refractivity contribution in [3.63, 3.8) is 0 Å². The van der Waals surface area contributed by atoms with Crippen LogP contribution in [0.5, 0.6) is 0 Å². The van der Waals surface area contributed by atoms with E-state index in [1.807, 2.05) is 12.1 Å². The number of carbonyl (C=O) groups excluding carboxylic acids is 1. The molecule has 0 N–H and O–H groups in total. The van der Waals surface area contributed by atoms with Gasteiger partial charge in [0.2, 0.25) is 6.29 Å². The van der Waals surface area contributed by atoms with Crippen LogP contribution in [0.4, 0.5) is 0 Å². The largest absolute Gasteiger partial charge is 0.462 e. The Balaban J connectivity index is 1.36. The molecule has 1 aliphatic heterocycles. The monoisotopic (exact) mass is 496 g/mol. The van der Waals surface area contributed by atoms with Crippen molar-refractivity contribution in [2.75, 3.05) is 0 Å². The fourth-order valence-electron chi connectivity index (χ4n) is 4.92. The third-order valence-corrected chi connectivity index (χ3v) is 10.3. The molecule has 6 nitrogen and oxygen atoms in total. The topological polar surface area (TPSA) is 74.5 Å². The molecule has 2 fully saturated rings. The van der Waals surface area contributed by atoms with Crippen molar-refractivity contribution in [1.29, 1.82) is 0 Å². The number of carbonyl (C=O) groups is 1. The Kier molecular flexibility index (Phi) is 4.73. The number of furan rings is 1. The molecule has 2 saturated carbocycles. The first kappa shape index (κ1) is 19.8. The molecule has 0 unspecified atom stereocenters. The quantitative estimate of drug-likeness (QED) is 0.497. The fraction of sp³-hybridized carbons (Fsp3) is 0.550. The summed E-state index contributed by atoms with van der Waals surface area (Å²) in [6, 6.07) is 3.66. The van der Waals surface area contributed by atoms with Gasteiger partial charge in [-0.25, -0.2) is 4.79 Å². The van der Waals surface area contributed by atoms with E-state index in [2.05, 4.69) is 46.9 Å². The fourth-order valence-corrected chi connectivity index (χ4v) is 7.30. The first-order valence-corrected chi connectivity index (χ1v) is 12.0. The smallest absolute Gasteiger partial charge is 0.348 e. The highest BCUT2D eigenvalue weighted by Gasteiger charge is 2.62. The van der Waals surface area contributed by atoms with Crippen molar-refractivity contribution < 1.29 is 18.7 Å². The van der Waals surface area contributed by atoms with Crippen LogP contribution in [0.25, 0.3) is 10.8 Å². The zero-order valence-electron chi connectivity index (χ0n) is 16.3. The number of aromatic nitrogens is 2. The van der Waals surface area contributed by atoms with Gasteiger partial charge in [-0.1, -0.05) is 43.9 Å². The molecule has 2 aromatic heterocycles. The number of rotatable bonds is 5. The molecule has 2 aliphatic carbocycles. The zero-order valence-corrected chi connectivity index (χ0v) is 19.5. The van der Waals surface area contributed by atoms with Crippen LogP contribution >= 0.6 is 39.0 Å². The maximum atomic E-state index is 12.2. The molecule has 4 atom stereocenters. The molecule has 0 spiro atoms. The minimum Gasteiger partial charge on any atom is -0.462 e. The molecule has 29 heavy (non-hydrogen) atoms. The van der Waals surface area contributed by atoms with Gasteiger partial charge in [0.1, 0.15) is 4.48 Å².